The lowest BCUT2D eigenvalue weighted by Crippen LogP contribution is -2.07. The Morgan fingerprint density at radius 1 is 1.18 bits per heavy atom. The molecule has 0 N–H and O–H groups in total. The fourth-order valence-electron chi connectivity index (χ4n) is 3.27. The van der Waals surface area contributed by atoms with Crippen LogP contribution in [0.25, 0.3) is 0 Å². The van der Waals surface area contributed by atoms with Crippen molar-refractivity contribution in [3.63, 3.8) is 0 Å². The maximum absolute atomic E-state index is 4.42. The van der Waals surface area contributed by atoms with Gasteiger partial charge in [-0.3, -0.25) is 0 Å². The van der Waals surface area contributed by atoms with Gasteiger partial charge in [-0.2, -0.15) is 0 Å². The monoisotopic (exact) mass is 233 g/mol. The average Bonchev–Trinajstić information content (AvgIpc) is 2.99. The molecule has 2 atom stereocenters. The van der Waals surface area contributed by atoms with Gasteiger partial charge in [0, 0.05) is 6.54 Å². The minimum absolute atomic E-state index is 1.01. The van der Waals surface area contributed by atoms with Gasteiger partial charge in [0.2, 0.25) is 0 Å². The van der Waals surface area contributed by atoms with Crippen molar-refractivity contribution < 1.29 is 0 Å². The van der Waals surface area contributed by atoms with Crippen LogP contribution in [0.4, 0.5) is 0 Å². The van der Waals surface area contributed by atoms with Gasteiger partial charge in [0.15, 0.2) is 0 Å². The molecule has 17 heavy (non-hydrogen) atoms. The van der Waals surface area contributed by atoms with Crippen molar-refractivity contribution in [1.29, 1.82) is 0 Å². The minimum atomic E-state index is 1.01. The summed E-state index contributed by atoms with van der Waals surface area (Å²) >= 11 is 0. The number of nitrogens with zero attached hydrogens (tertiary/aromatic N) is 3. The Bertz CT molecular complexity index is 383. The number of hydrogen-bond donors (Lipinski definition) is 0. The van der Waals surface area contributed by atoms with Crippen LogP contribution in [-0.2, 0) is 19.4 Å². The molecule has 3 rings (SSSR count). The number of aromatic nitrogens is 3. The Hall–Kier alpha value is -0.860. The normalized spacial score (nSPS) is 28.3. The van der Waals surface area contributed by atoms with Gasteiger partial charge in [-0.1, -0.05) is 25.0 Å². The molecule has 1 aromatic heterocycles. The zero-order chi connectivity index (χ0) is 11.7. The van der Waals surface area contributed by atoms with Crippen LogP contribution in [0, 0.1) is 11.8 Å². The molecule has 1 fully saturated rings. The molecule has 0 spiro atoms. The molecule has 3 nitrogen and oxygen atoms in total. The Morgan fingerprint density at radius 2 is 2.06 bits per heavy atom. The topological polar surface area (TPSA) is 30.7 Å². The summed E-state index contributed by atoms with van der Waals surface area (Å²) in [6.45, 7) is 3.25. The van der Waals surface area contributed by atoms with E-state index in [0.717, 1.165) is 24.8 Å². The third-order valence-corrected chi connectivity index (χ3v) is 4.41. The fraction of sp³-hybridized carbons (Fsp3) is 0.857. The quantitative estimate of drug-likeness (QED) is 0.786. The van der Waals surface area contributed by atoms with Gasteiger partial charge in [0.05, 0.1) is 11.4 Å². The summed E-state index contributed by atoms with van der Waals surface area (Å²) in [6, 6.07) is 0. The zero-order valence-electron chi connectivity index (χ0n) is 10.9. The Kier molecular flexibility index (Phi) is 3.17. The lowest BCUT2D eigenvalue weighted by Gasteiger charge is -2.09. The molecule has 2 aliphatic rings. The van der Waals surface area contributed by atoms with Crippen molar-refractivity contribution in [2.24, 2.45) is 11.8 Å². The van der Waals surface area contributed by atoms with E-state index < -0.39 is 0 Å². The molecule has 3 heteroatoms. The summed E-state index contributed by atoms with van der Waals surface area (Å²) in [4.78, 5) is 0. The van der Waals surface area contributed by atoms with Crippen LogP contribution in [-0.4, -0.2) is 15.0 Å². The Morgan fingerprint density at radius 3 is 2.94 bits per heavy atom. The van der Waals surface area contributed by atoms with E-state index in [9.17, 15) is 0 Å². The molecule has 0 amide bonds. The fourth-order valence-corrected chi connectivity index (χ4v) is 3.27. The number of rotatable bonds is 2. The van der Waals surface area contributed by atoms with E-state index >= 15 is 0 Å². The lowest BCUT2D eigenvalue weighted by atomic mass is 10.0. The molecule has 0 saturated heterocycles. The second-order valence-corrected chi connectivity index (χ2v) is 5.75. The van der Waals surface area contributed by atoms with E-state index in [2.05, 4.69) is 21.9 Å². The first-order valence-electron chi connectivity index (χ1n) is 7.29. The maximum Gasteiger partial charge on any atom is 0.0859 e. The first-order chi connectivity index (χ1) is 8.38. The molecular weight excluding hydrogens is 210 g/mol. The Balaban J connectivity index is 1.77. The van der Waals surface area contributed by atoms with E-state index in [1.807, 2.05) is 0 Å². The molecule has 0 radical (unpaired) electrons. The van der Waals surface area contributed by atoms with Crippen LogP contribution in [0.1, 0.15) is 56.8 Å². The summed E-state index contributed by atoms with van der Waals surface area (Å²) < 4.78 is 2.15. The molecule has 94 valence electrons. The van der Waals surface area contributed by atoms with Gasteiger partial charge < -0.3 is 0 Å². The van der Waals surface area contributed by atoms with Crippen molar-refractivity contribution in [2.75, 3.05) is 0 Å². The smallest absolute Gasteiger partial charge is 0.0859 e. The largest absolute Gasteiger partial charge is 0.249 e. The highest BCUT2D eigenvalue weighted by Gasteiger charge is 2.36. The van der Waals surface area contributed by atoms with Crippen molar-refractivity contribution in [2.45, 2.75) is 64.8 Å². The van der Waals surface area contributed by atoms with Gasteiger partial charge in [0.25, 0.3) is 0 Å². The van der Waals surface area contributed by atoms with E-state index in [4.69, 9.17) is 0 Å². The molecule has 0 bridgehead atoms. The highest BCUT2D eigenvalue weighted by molar-refractivity contribution is 5.12. The third kappa shape index (κ3) is 2.38. The third-order valence-electron chi connectivity index (χ3n) is 4.41. The highest BCUT2D eigenvalue weighted by Crippen LogP contribution is 2.45. The van der Waals surface area contributed by atoms with Gasteiger partial charge in [-0.15, -0.1) is 5.10 Å². The van der Waals surface area contributed by atoms with Crippen LogP contribution in [0.2, 0.25) is 0 Å². The van der Waals surface area contributed by atoms with Crippen LogP contribution < -0.4 is 0 Å². The number of fused-ring (bicyclic) bond motifs is 2. The first-order valence-corrected chi connectivity index (χ1v) is 7.29. The zero-order valence-corrected chi connectivity index (χ0v) is 10.9. The molecule has 1 aromatic rings. The maximum atomic E-state index is 4.42. The summed E-state index contributed by atoms with van der Waals surface area (Å²) in [7, 11) is 0. The van der Waals surface area contributed by atoms with Crippen molar-refractivity contribution in [3.05, 3.63) is 11.4 Å². The molecule has 1 heterocycles. The molecule has 2 aliphatic carbocycles. The first kappa shape index (κ1) is 11.2. The van der Waals surface area contributed by atoms with Gasteiger partial charge >= 0.3 is 0 Å². The van der Waals surface area contributed by atoms with Gasteiger partial charge in [0.1, 0.15) is 0 Å². The molecule has 1 saturated carbocycles. The Labute approximate surface area is 104 Å². The number of hydrogen-bond acceptors (Lipinski definition) is 2. The summed E-state index contributed by atoms with van der Waals surface area (Å²) in [5.41, 5.74) is 2.73. The average molecular weight is 233 g/mol. The van der Waals surface area contributed by atoms with E-state index in [1.165, 1.54) is 56.3 Å². The van der Waals surface area contributed by atoms with Crippen molar-refractivity contribution >= 4 is 0 Å². The predicted molar refractivity (Wildman–Crippen MR) is 67.8 cm³/mol. The van der Waals surface area contributed by atoms with Crippen molar-refractivity contribution in [3.8, 4) is 0 Å². The highest BCUT2D eigenvalue weighted by atomic mass is 15.4. The van der Waals surface area contributed by atoms with Crippen LogP contribution in [0.3, 0.4) is 0 Å². The van der Waals surface area contributed by atoms with E-state index in [-0.39, 0.29) is 0 Å². The second-order valence-electron chi connectivity index (χ2n) is 5.75. The van der Waals surface area contributed by atoms with Gasteiger partial charge in [-0.05, 0) is 50.4 Å². The van der Waals surface area contributed by atoms with E-state index in [1.54, 1.807) is 0 Å². The van der Waals surface area contributed by atoms with Crippen LogP contribution in [0.15, 0.2) is 0 Å². The second kappa shape index (κ2) is 4.79. The minimum Gasteiger partial charge on any atom is -0.249 e. The molecule has 0 aromatic carbocycles. The molecular formula is C14H23N3. The standard InChI is InChI=1S/C14H23N3/c1-2-9-17-14-6-4-3-5-11-10-12(11)7-8-13(14)15-16-17/h11-12H,2-10H2,1H3/t11-,12-/m0/s1. The SMILES string of the molecule is CCCn1nnc2c1CCCC[C@H]1C[C@@H]1CC2. The summed E-state index contributed by atoms with van der Waals surface area (Å²) in [5, 5.41) is 8.75. The van der Waals surface area contributed by atoms with Crippen LogP contribution in [0.5, 0.6) is 0 Å². The van der Waals surface area contributed by atoms with Crippen LogP contribution >= 0.6 is 0 Å². The van der Waals surface area contributed by atoms with E-state index in [0.29, 0.717) is 0 Å². The number of aryl methyl sites for hydroxylation is 2. The predicted octanol–water partition coefficient (Wildman–Crippen LogP) is 2.98. The molecule has 0 aliphatic heterocycles. The van der Waals surface area contributed by atoms with Gasteiger partial charge in [-0.25, -0.2) is 4.68 Å². The summed E-state index contributed by atoms with van der Waals surface area (Å²) in [6.07, 6.45) is 10.5. The summed E-state index contributed by atoms with van der Waals surface area (Å²) in [5.74, 6) is 2.07. The molecule has 0 unspecified atom stereocenters. The lowest BCUT2D eigenvalue weighted by molar-refractivity contribution is 0.524. The van der Waals surface area contributed by atoms with Crippen molar-refractivity contribution in [1.82, 2.24) is 15.0 Å².